The van der Waals surface area contributed by atoms with Crippen molar-refractivity contribution in [3.63, 3.8) is 0 Å². The summed E-state index contributed by atoms with van der Waals surface area (Å²) in [6.45, 7) is 20.9. The summed E-state index contributed by atoms with van der Waals surface area (Å²) in [5.41, 5.74) is 8.35. The molecule has 1 radical (unpaired) electrons. The predicted molar refractivity (Wildman–Crippen MR) is 196 cm³/mol. The Balaban J connectivity index is 0.000000251. The van der Waals surface area contributed by atoms with Crippen LogP contribution in [0.3, 0.4) is 0 Å². The molecule has 0 atom stereocenters. The molecule has 0 bridgehead atoms. The summed E-state index contributed by atoms with van der Waals surface area (Å²) in [5.74, 6) is 1.25. The molecule has 48 heavy (non-hydrogen) atoms. The molecule has 0 amide bonds. The van der Waals surface area contributed by atoms with Crippen LogP contribution in [0.4, 0.5) is 0 Å². The number of para-hydroxylation sites is 1. The molecule has 0 aliphatic heterocycles. The van der Waals surface area contributed by atoms with Crippen LogP contribution >= 0.6 is 0 Å². The molecule has 3 aromatic carbocycles. The fraction of sp³-hybridized carbons (Fsp3) is 0.395. The van der Waals surface area contributed by atoms with Crippen molar-refractivity contribution in [2.75, 3.05) is 0 Å². The van der Waals surface area contributed by atoms with E-state index in [1.54, 1.807) is 0 Å². The van der Waals surface area contributed by atoms with Gasteiger partial charge in [-0.1, -0.05) is 103 Å². The standard InChI is InChI=1S/C28H22NO.C15H28O2.Ir/c1-16-12-17(2)21-15-29-23(14-18(21)13-16)19-9-7-10-22-25(19)27-26(28(22,3)4)20-8-5-6-11-24(20)30-27;1-7-14(5,8-2)12(16)11-13(17)15(6,9-3)10-4;/h5-8,10-15H,1-4H3;11,16H,7-10H2,1-6H3;/q-1;;/b;12-11-;. The van der Waals surface area contributed by atoms with Crippen molar-refractivity contribution in [1.29, 1.82) is 0 Å². The molecule has 1 N–H and O–H groups in total. The summed E-state index contributed by atoms with van der Waals surface area (Å²) < 4.78 is 6.41. The van der Waals surface area contributed by atoms with Gasteiger partial charge < -0.3 is 14.5 Å². The quantitative estimate of drug-likeness (QED) is 0.0962. The largest absolute Gasteiger partial charge is 0.512 e. The first-order valence-electron chi connectivity index (χ1n) is 17.1. The number of hydrogen-bond acceptors (Lipinski definition) is 4. The van der Waals surface area contributed by atoms with Crippen molar-refractivity contribution in [1.82, 2.24) is 4.98 Å². The SMILES string of the molecule is CCC(C)(CC)C(=O)/C=C(\O)C(C)(CC)CC.Cc1cc(C)c2cnc(-c3[c-]ccc4c3-c3oc5ccccc5c3C4(C)C)cc2c1.[Ir]. The molecule has 5 heteroatoms. The number of ketones is 1. The van der Waals surface area contributed by atoms with Crippen LogP contribution in [-0.4, -0.2) is 15.9 Å². The maximum Gasteiger partial charge on any atom is 0.164 e. The topological polar surface area (TPSA) is 63.3 Å². The summed E-state index contributed by atoms with van der Waals surface area (Å²) in [5, 5.41) is 13.7. The Morgan fingerprint density at radius 2 is 1.58 bits per heavy atom. The molecule has 4 nitrogen and oxygen atoms in total. The number of aromatic nitrogens is 1. The molecule has 1 aliphatic carbocycles. The molecule has 6 rings (SSSR count). The third-order valence-electron chi connectivity index (χ3n) is 11.2. The van der Waals surface area contributed by atoms with Crippen molar-refractivity contribution < 1.29 is 34.4 Å². The first-order chi connectivity index (χ1) is 22.2. The number of benzene rings is 3. The third-order valence-corrected chi connectivity index (χ3v) is 11.2. The Labute approximate surface area is 300 Å². The number of carbonyl (C=O) groups is 1. The molecule has 0 fully saturated rings. The number of aryl methyl sites for hydroxylation is 2. The zero-order valence-electron chi connectivity index (χ0n) is 30.2. The van der Waals surface area contributed by atoms with Gasteiger partial charge in [0.1, 0.15) is 11.3 Å². The van der Waals surface area contributed by atoms with Crippen LogP contribution in [-0.2, 0) is 30.3 Å². The van der Waals surface area contributed by atoms with Gasteiger partial charge in [0, 0.05) is 65.0 Å². The number of furan rings is 1. The fourth-order valence-electron chi connectivity index (χ4n) is 6.88. The Hall–Kier alpha value is -3.53. The van der Waals surface area contributed by atoms with Crippen molar-refractivity contribution in [2.45, 2.75) is 100 Å². The summed E-state index contributed by atoms with van der Waals surface area (Å²) in [7, 11) is 0. The predicted octanol–water partition coefficient (Wildman–Crippen LogP) is 12.0. The molecule has 0 unspecified atom stereocenters. The maximum atomic E-state index is 12.2. The Morgan fingerprint density at radius 3 is 2.23 bits per heavy atom. The van der Waals surface area contributed by atoms with E-state index in [9.17, 15) is 9.90 Å². The van der Waals surface area contributed by atoms with Gasteiger partial charge in [-0.3, -0.25) is 4.79 Å². The minimum absolute atomic E-state index is 0. The molecular weight excluding hydrogens is 771 g/mol. The molecule has 1 aliphatic rings. The van der Waals surface area contributed by atoms with Gasteiger partial charge in [0.15, 0.2) is 5.78 Å². The number of allylic oxidation sites excluding steroid dienone is 2. The minimum Gasteiger partial charge on any atom is -0.512 e. The Morgan fingerprint density at radius 1 is 0.938 bits per heavy atom. The Kier molecular flexibility index (Phi) is 11.0. The van der Waals surface area contributed by atoms with Crippen LogP contribution < -0.4 is 0 Å². The third kappa shape index (κ3) is 6.44. The van der Waals surface area contributed by atoms with E-state index in [4.69, 9.17) is 9.40 Å². The minimum atomic E-state index is -0.337. The second-order valence-corrected chi connectivity index (χ2v) is 14.4. The van der Waals surface area contributed by atoms with Crippen LogP contribution in [0.5, 0.6) is 0 Å². The molecule has 0 spiro atoms. The number of aliphatic hydroxyl groups is 1. The van der Waals surface area contributed by atoms with E-state index in [2.05, 4.69) is 76.2 Å². The van der Waals surface area contributed by atoms with Gasteiger partial charge in [-0.25, -0.2) is 0 Å². The van der Waals surface area contributed by atoms with Crippen LogP contribution in [0.1, 0.15) is 103 Å². The summed E-state index contributed by atoms with van der Waals surface area (Å²) in [6, 6.07) is 22.6. The monoisotopic (exact) mass is 821 g/mol. The smallest absolute Gasteiger partial charge is 0.164 e. The number of hydrogen-bond donors (Lipinski definition) is 1. The average molecular weight is 821 g/mol. The maximum absolute atomic E-state index is 12.2. The Bertz CT molecular complexity index is 1990. The van der Waals surface area contributed by atoms with Crippen LogP contribution in [0.15, 0.2) is 77.0 Å². The van der Waals surface area contributed by atoms with Crippen LogP contribution in [0.2, 0.25) is 0 Å². The fourth-order valence-corrected chi connectivity index (χ4v) is 6.88. The normalized spacial score (nSPS) is 13.8. The van der Waals surface area contributed by atoms with Crippen LogP contribution in [0.25, 0.3) is 44.3 Å². The number of nitrogens with zero attached hydrogens (tertiary/aromatic N) is 1. The summed E-state index contributed by atoms with van der Waals surface area (Å²) in [6.07, 6.45) is 6.75. The second kappa shape index (κ2) is 14.1. The number of fused-ring (bicyclic) bond motifs is 6. The van der Waals surface area contributed by atoms with E-state index in [1.165, 1.54) is 44.5 Å². The van der Waals surface area contributed by atoms with Gasteiger partial charge in [-0.2, -0.15) is 0 Å². The molecule has 255 valence electrons. The van der Waals surface area contributed by atoms with Gasteiger partial charge in [-0.15, -0.1) is 29.3 Å². The first-order valence-corrected chi connectivity index (χ1v) is 17.1. The van der Waals surface area contributed by atoms with E-state index in [0.29, 0.717) is 0 Å². The molecule has 2 aromatic heterocycles. The van der Waals surface area contributed by atoms with Crippen molar-refractivity contribution in [3.8, 4) is 22.6 Å². The van der Waals surface area contributed by atoms with E-state index in [-0.39, 0.29) is 47.9 Å². The molecule has 0 saturated carbocycles. The second-order valence-electron chi connectivity index (χ2n) is 14.4. The summed E-state index contributed by atoms with van der Waals surface area (Å²) >= 11 is 0. The zero-order valence-corrected chi connectivity index (χ0v) is 32.6. The molecule has 0 saturated heterocycles. The zero-order chi connectivity index (χ0) is 34.3. The van der Waals surface area contributed by atoms with E-state index in [1.807, 2.05) is 59.9 Å². The number of rotatable bonds is 8. The van der Waals surface area contributed by atoms with Gasteiger partial charge in [0.05, 0.1) is 5.76 Å². The molecule has 2 heterocycles. The van der Waals surface area contributed by atoms with E-state index in [0.717, 1.165) is 53.8 Å². The first kappa shape index (κ1) is 37.3. The van der Waals surface area contributed by atoms with Crippen molar-refractivity contribution in [2.24, 2.45) is 10.8 Å². The molecular formula is C43H50IrNO3-. The van der Waals surface area contributed by atoms with Gasteiger partial charge in [0.2, 0.25) is 0 Å². The van der Waals surface area contributed by atoms with Gasteiger partial charge >= 0.3 is 0 Å². The number of carbonyl (C=O) groups excluding carboxylic acids is 1. The number of pyridine rings is 1. The van der Waals surface area contributed by atoms with Gasteiger partial charge in [-0.05, 0) is 62.2 Å². The van der Waals surface area contributed by atoms with E-state index < -0.39 is 0 Å². The molecule has 5 aromatic rings. The average Bonchev–Trinajstić information content (AvgIpc) is 3.57. The van der Waals surface area contributed by atoms with Gasteiger partial charge in [0.25, 0.3) is 0 Å². The van der Waals surface area contributed by atoms with Crippen molar-refractivity contribution >= 4 is 27.5 Å². The van der Waals surface area contributed by atoms with Crippen LogP contribution in [0, 0.1) is 30.7 Å². The number of aliphatic hydroxyl groups excluding tert-OH is 1. The summed E-state index contributed by atoms with van der Waals surface area (Å²) in [4.78, 5) is 17.0. The van der Waals surface area contributed by atoms with E-state index >= 15 is 0 Å². The van der Waals surface area contributed by atoms with Crippen molar-refractivity contribution in [3.05, 3.63) is 101 Å².